The average Bonchev–Trinajstić information content (AvgIpc) is 2.39. The van der Waals surface area contributed by atoms with Crippen LogP contribution in [0, 0.1) is 3.57 Å². The van der Waals surface area contributed by atoms with Crippen molar-refractivity contribution < 1.29 is 0 Å². The molecule has 0 aliphatic carbocycles. The van der Waals surface area contributed by atoms with Crippen molar-refractivity contribution >= 4 is 46.2 Å². The van der Waals surface area contributed by atoms with Crippen LogP contribution in [0.1, 0.15) is 45.4 Å². The van der Waals surface area contributed by atoms with E-state index in [4.69, 9.17) is 0 Å². The molecule has 0 aliphatic rings. The second kappa shape index (κ2) is 10.4. The van der Waals surface area contributed by atoms with Crippen LogP contribution in [0.15, 0.2) is 38.9 Å². The Morgan fingerprint density at radius 1 is 1.11 bits per heavy atom. The maximum absolute atomic E-state index is 3.87. The first-order chi connectivity index (χ1) is 8.74. The van der Waals surface area contributed by atoms with Gasteiger partial charge in [-0.3, -0.25) is 0 Å². The van der Waals surface area contributed by atoms with Crippen LogP contribution in [0.2, 0.25) is 0 Å². The molecule has 0 nitrogen and oxygen atoms in total. The molecule has 0 unspecified atom stereocenters. The third-order valence-electron chi connectivity index (χ3n) is 2.67. The molecule has 1 rings (SSSR count). The summed E-state index contributed by atoms with van der Waals surface area (Å²) >= 11 is 6.33. The van der Waals surface area contributed by atoms with Crippen LogP contribution in [-0.2, 0) is 0 Å². The van der Waals surface area contributed by atoms with E-state index in [9.17, 15) is 0 Å². The van der Waals surface area contributed by atoms with Gasteiger partial charge in [-0.05, 0) is 0 Å². The molecule has 0 radical (unpaired) electrons. The minimum absolute atomic E-state index is 1.19. The molecule has 0 saturated heterocycles. The van der Waals surface area contributed by atoms with E-state index in [0.717, 1.165) is 0 Å². The Bertz CT molecular complexity index is 349. The first-order valence-electron chi connectivity index (χ1n) is 6.50. The Labute approximate surface area is 133 Å². The fourth-order valence-corrected chi connectivity index (χ4v) is 9.76. The van der Waals surface area contributed by atoms with Crippen LogP contribution >= 0.6 is 46.2 Å². The van der Waals surface area contributed by atoms with Gasteiger partial charge in [0.25, 0.3) is 0 Å². The first kappa shape index (κ1) is 16.7. The zero-order valence-electron chi connectivity index (χ0n) is 10.8. The fourth-order valence-electron chi connectivity index (χ4n) is 1.65. The summed E-state index contributed by atoms with van der Waals surface area (Å²) in [6.45, 7) is 2.26. The van der Waals surface area contributed by atoms with Crippen molar-refractivity contribution in [2.24, 2.45) is 0 Å². The molecular formula is C15H21Br2I. The van der Waals surface area contributed by atoms with Gasteiger partial charge in [-0.1, -0.05) is 0 Å². The molecule has 1 aromatic rings. The second-order valence-electron chi connectivity index (χ2n) is 4.28. The molecule has 0 amide bonds. The summed E-state index contributed by atoms with van der Waals surface area (Å²) < 4.78 is 5.26. The molecule has 0 atom stereocenters. The van der Waals surface area contributed by atoms with Gasteiger partial charge in [0.2, 0.25) is 0 Å². The molecule has 0 heterocycles. The Kier molecular flexibility index (Phi) is 9.69. The topological polar surface area (TPSA) is 0 Å². The molecule has 1 aromatic carbocycles. The van der Waals surface area contributed by atoms with Crippen molar-refractivity contribution in [3.05, 3.63) is 42.5 Å². The van der Waals surface area contributed by atoms with Crippen LogP contribution < -0.4 is 0 Å². The van der Waals surface area contributed by atoms with Crippen molar-refractivity contribution in [3.63, 3.8) is 0 Å². The van der Waals surface area contributed by atoms with Crippen LogP contribution in [0.5, 0.6) is 0 Å². The molecule has 0 saturated carbocycles. The Morgan fingerprint density at radius 3 is 2.44 bits per heavy atom. The van der Waals surface area contributed by atoms with Crippen molar-refractivity contribution in [3.8, 4) is 0 Å². The van der Waals surface area contributed by atoms with Crippen LogP contribution in [-0.4, -0.2) is 0 Å². The van der Waals surface area contributed by atoms with Crippen LogP contribution in [0.25, 0.3) is 0 Å². The van der Waals surface area contributed by atoms with Gasteiger partial charge in [-0.25, -0.2) is 0 Å². The van der Waals surface area contributed by atoms with E-state index in [1.165, 1.54) is 46.6 Å². The standard InChI is InChI=1S/C15H21Br2I/c1-2-3-4-5-7-10-14(16)13-18(17)15-11-8-6-9-12-15/h6,8-9,11-13H,2-5,7,10H2,1H3/b14-13-. The van der Waals surface area contributed by atoms with Gasteiger partial charge in [0.1, 0.15) is 0 Å². The number of rotatable bonds is 8. The van der Waals surface area contributed by atoms with Crippen molar-refractivity contribution in [1.82, 2.24) is 0 Å². The SMILES string of the molecule is CCCCCCC/C(Br)=C/I(Br)c1ccccc1. The van der Waals surface area contributed by atoms with Crippen LogP contribution in [0.4, 0.5) is 0 Å². The van der Waals surface area contributed by atoms with E-state index >= 15 is 0 Å². The van der Waals surface area contributed by atoms with E-state index in [-0.39, 0.29) is 0 Å². The molecule has 0 fully saturated rings. The van der Waals surface area contributed by atoms with Crippen molar-refractivity contribution in [2.45, 2.75) is 45.4 Å². The fraction of sp³-hybridized carbons (Fsp3) is 0.467. The van der Waals surface area contributed by atoms with Crippen molar-refractivity contribution in [2.75, 3.05) is 0 Å². The van der Waals surface area contributed by atoms with E-state index in [1.807, 2.05) is 0 Å². The minimum atomic E-state index is -1.26. The van der Waals surface area contributed by atoms with Gasteiger partial charge in [0.05, 0.1) is 0 Å². The van der Waals surface area contributed by atoms with E-state index in [1.54, 1.807) is 0 Å². The number of benzene rings is 1. The Morgan fingerprint density at radius 2 is 1.78 bits per heavy atom. The van der Waals surface area contributed by atoms with Gasteiger partial charge in [-0.2, -0.15) is 0 Å². The zero-order chi connectivity index (χ0) is 13.2. The van der Waals surface area contributed by atoms with Gasteiger partial charge in [0.15, 0.2) is 0 Å². The van der Waals surface area contributed by atoms with Crippen molar-refractivity contribution in [1.29, 1.82) is 0 Å². The molecule has 0 aliphatic heterocycles. The zero-order valence-corrected chi connectivity index (χ0v) is 16.2. The molecule has 102 valence electrons. The summed E-state index contributed by atoms with van der Waals surface area (Å²) in [6.07, 6.45) is 7.94. The normalized spacial score (nSPS) is 12.6. The summed E-state index contributed by atoms with van der Waals surface area (Å²) in [7, 11) is 0. The van der Waals surface area contributed by atoms with E-state index in [2.05, 4.69) is 70.0 Å². The molecule has 3 heteroatoms. The predicted molar refractivity (Wildman–Crippen MR) is 98.5 cm³/mol. The second-order valence-corrected chi connectivity index (χ2v) is 13.0. The molecule has 0 bridgehead atoms. The third-order valence-corrected chi connectivity index (χ3v) is 10.8. The average molecular weight is 488 g/mol. The summed E-state index contributed by atoms with van der Waals surface area (Å²) in [4.78, 5) is 0. The molecule has 18 heavy (non-hydrogen) atoms. The van der Waals surface area contributed by atoms with Gasteiger partial charge < -0.3 is 0 Å². The number of hydrogen-bond acceptors (Lipinski definition) is 0. The molecule has 0 N–H and O–H groups in total. The number of hydrogen-bond donors (Lipinski definition) is 0. The Hall–Kier alpha value is 0.650. The predicted octanol–water partition coefficient (Wildman–Crippen LogP) is 7.27. The number of halogens is 3. The molecular weight excluding hydrogens is 467 g/mol. The quantitative estimate of drug-likeness (QED) is 0.267. The van der Waals surface area contributed by atoms with Gasteiger partial charge in [-0.15, -0.1) is 0 Å². The van der Waals surface area contributed by atoms with Gasteiger partial charge >= 0.3 is 134 Å². The third kappa shape index (κ3) is 7.29. The summed E-state index contributed by atoms with van der Waals surface area (Å²) in [5.41, 5.74) is 0. The summed E-state index contributed by atoms with van der Waals surface area (Å²) in [5, 5.41) is 0. The van der Waals surface area contributed by atoms with Gasteiger partial charge in [0, 0.05) is 0 Å². The van der Waals surface area contributed by atoms with Crippen LogP contribution in [0.3, 0.4) is 0 Å². The van der Waals surface area contributed by atoms with E-state index in [0.29, 0.717) is 0 Å². The number of allylic oxidation sites excluding steroid dienone is 1. The monoisotopic (exact) mass is 486 g/mol. The number of unbranched alkanes of at least 4 members (excludes halogenated alkanes) is 4. The van der Waals surface area contributed by atoms with E-state index < -0.39 is 17.6 Å². The summed E-state index contributed by atoms with van der Waals surface area (Å²) in [5.74, 6) is 0. The summed E-state index contributed by atoms with van der Waals surface area (Å²) in [6, 6.07) is 10.8. The first-order valence-corrected chi connectivity index (χ1v) is 14.5. The molecule has 0 spiro atoms. The Balaban J connectivity index is 2.32. The maximum atomic E-state index is 3.87. The molecule has 0 aromatic heterocycles.